The molecule has 21 heavy (non-hydrogen) atoms. The Labute approximate surface area is 124 Å². The van der Waals surface area contributed by atoms with E-state index < -0.39 is 23.1 Å². The summed E-state index contributed by atoms with van der Waals surface area (Å²) in [6.07, 6.45) is -1.11. The molecule has 2 aromatic rings. The van der Waals surface area contributed by atoms with E-state index in [-0.39, 0.29) is 11.3 Å². The fourth-order valence-electron chi connectivity index (χ4n) is 2.16. The van der Waals surface area contributed by atoms with Crippen molar-refractivity contribution in [2.45, 2.75) is 6.10 Å². The van der Waals surface area contributed by atoms with Crippen molar-refractivity contribution in [2.24, 2.45) is 0 Å². The first kappa shape index (κ1) is 13.5. The summed E-state index contributed by atoms with van der Waals surface area (Å²) >= 11 is 5.80. The number of fused-ring (bicyclic) bond motifs is 1. The monoisotopic (exact) mass is 300 g/mol. The minimum absolute atomic E-state index is 0.000198. The second kappa shape index (κ2) is 5.14. The van der Waals surface area contributed by atoms with Crippen LogP contribution in [0.4, 0.5) is 0 Å². The molecule has 0 aromatic heterocycles. The Kier molecular flexibility index (Phi) is 3.31. The van der Waals surface area contributed by atoms with Crippen LogP contribution < -0.4 is 10.2 Å². The molecular weight excluding hydrogens is 292 g/mol. The molecule has 0 spiro atoms. The van der Waals surface area contributed by atoms with Crippen molar-refractivity contribution < 1.29 is 14.3 Å². The third-order valence-electron chi connectivity index (χ3n) is 3.21. The van der Waals surface area contributed by atoms with Gasteiger partial charge in [0.1, 0.15) is 0 Å². The van der Waals surface area contributed by atoms with E-state index in [0.29, 0.717) is 10.6 Å². The molecule has 1 aliphatic rings. The zero-order valence-corrected chi connectivity index (χ0v) is 11.5. The third kappa shape index (κ3) is 2.34. The Morgan fingerprint density at radius 2 is 1.57 bits per heavy atom. The summed E-state index contributed by atoms with van der Waals surface area (Å²) in [6, 6.07) is 12.1. The Balaban J connectivity index is 2.14. The van der Waals surface area contributed by atoms with E-state index in [1.54, 1.807) is 24.3 Å². The predicted molar refractivity (Wildman–Crippen MR) is 76.9 cm³/mol. The van der Waals surface area contributed by atoms with Crippen LogP contribution in [0.1, 0.15) is 22.0 Å². The average Bonchev–Trinajstić information content (AvgIpc) is 2.66. The molecular formula is C16H9ClO4. The molecule has 0 amide bonds. The Morgan fingerprint density at radius 3 is 2.29 bits per heavy atom. The van der Waals surface area contributed by atoms with Crippen molar-refractivity contribution in [1.29, 1.82) is 0 Å². The third-order valence-corrected chi connectivity index (χ3v) is 3.46. The van der Waals surface area contributed by atoms with Crippen LogP contribution in [0.25, 0.3) is 0 Å². The summed E-state index contributed by atoms with van der Waals surface area (Å²) in [6.45, 7) is 0. The summed E-state index contributed by atoms with van der Waals surface area (Å²) in [5.74, 6) is -1.51. The minimum Gasteiger partial charge on any atom is -0.472 e. The van der Waals surface area contributed by atoms with Gasteiger partial charge in [-0.1, -0.05) is 35.9 Å². The van der Waals surface area contributed by atoms with E-state index in [0.717, 1.165) is 0 Å². The van der Waals surface area contributed by atoms with Crippen LogP contribution in [0, 0.1) is 0 Å². The molecule has 104 valence electrons. The molecule has 0 saturated heterocycles. The van der Waals surface area contributed by atoms with Gasteiger partial charge >= 0.3 is 0 Å². The molecule has 0 N–H and O–H groups in total. The first-order chi connectivity index (χ1) is 10.1. The highest BCUT2D eigenvalue weighted by molar-refractivity contribution is 6.46. The minimum atomic E-state index is -1.11. The molecule has 2 aromatic carbocycles. The average molecular weight is 301 g/mol. The van der Waals surface area contributed by atoms with E-state index in [1.807, 2.05) is 0 Å². The van der Waals surface area contributed by atoms with Gasteiger partial charge in [-0.05, 0) is 24.3 Å². The quantitative estimate of drug-likeness (QED) is 0.760. The molecule has 4 nitrogen and oxygen atoms in total. The molecule has 3 rings (SSSR count). The van der Waals surface area contributed by atoms with Crippen LogP contribution in [0.2, 0.25) is 5.02 Å². The summed E-state index contributed by atoms with van der Waals surface area (Å²) in [5, 5.41) is 0.504. The number of Topliss-reactive ketones (excluding diaryl/α,β-unsaturated/α-hetero) is 2. The SMILES string of the molecule is O=C1C(=O)C(c2ccc(Cl)cc2)Oc2c1ccccc2=O. The topological polar surface area (TPSA) is 60.4 Å². The van der Waals surface area contributed by atoms with Crippen molar-refractivity contribution in [3.8, 4) is 5.75 Å². The van der Waals surface area contributed by atoms with Gasteiger partial charge < -0.3 is 4.74 Å². The summed E-state index contributed by atoms with van der Waals surface area (Å²) in [4.78, 5) is 36.3. The maximum atomic E-state index is 12.2. The highest BCUT2D eigenvalue weighted by Crippen LogP contribution is 2.30. The van der Waals surface area contributed by atoms with Crippen LogP contribution in [-0.2, 0) is 4.79 Å². The fourth-order valence-corrected chi connectivity index (χ4v) is 2.29. The molecule has 0 fully saturated rings. The second-order valence-corrected chi connectivity index (χ2v) is 5.00. The molecule has 0 aliphatic carbocycles. The number of benzene rings is 1. The van der Waals surface area contributed by atoms with Crippen molar-refractivity contribution in [3.05, 3.63) is 74.9 Å². The maximum absolute atomic E-state index is 12.2. The number of carbonyl (C=O) groups is 2. The van der Waals surface area contributed by atoms with Gasteiger partial charge in [-0.15, -0.1) is 0 Å². The van der Waals surface area contributed by atoms with Gasteiger partial charge in [0.15, 0.2) is 11.9 Å². The van der Waals surface area contributed by atoms with Gasteiger partial charge in [-0.3, -0.25) is 14.4 Å². The largest absolute Gasteiger partial charge is 0.472 e. The lowest BCUT2D eigenvalue weighted by atomic mass is 9.96. The number of ether oxygens (including phenoxy) is 1. The lowest BCUT2D eigenvalue weighted by Crippen LogP contribution is -2.33. The fraction of sp³-hybridized carbons (Fsp3) is 0.0625. The van der Waals surface area contributed by atoms with E-state index in [2.05, 4.69) is 0 Å². The van der Waals surface area contributed by atoms with Gasteiger partial charge in [-0.2, -0.15) is 0 Å². The molecule has 1 atom stereocenters. The molecule has 0 saturated carbocycles. The van der Waals surface area contributed by atoms with Crippen LogP contribution >= 0.6 is 11.6 Å². The number of ketones is 2. The van der Waals surface area contributed by atoms with E-state index in [4.69, 9.17) is 16.3 Å². The van der Waals surface area contributed by atoms with Crippen LogP contribution in [0.3, 0.4) is 0 Å². The van der Waals surface area contributed by atoms with Crippen molar-refractivity contribution in [2.75, 3.05) is 0 Å². The van der Waals surface area contributed by atoms with Gasteiger partial charge in [0.05, 0.1) is 5.56 Å². The Bertz CT molecular complexity index is 796. The zero-order chi connectivity index (χ0) is 15.0. The maximum Gasteiger partial charge on any atom is 0.248 e. The van der Waals surface area contributed by atoms with Gasteiger partial charge in [0, 0.05) is 10.6 Å². The van der Waals surface area contributed by atoms with Crippen LogP contribution in [0.5, 0.6) is 5.75 Å². The smallest absolute Gasteiger partial charge is 0.248 e. The number of hydrogen-bond acceptors (Lipinski definition) is 4. The van der Waals surface area contributed by atoms with E-state index in [9.17, 15) is 14.4 Å². The first-order valence-corrected chi connectivity index (χ1v) is 6.60. The predicted octanol–water partition coefficient (Wildman–Crippen LogP) is 2.59. The molecule has 5 heteroatoms. The molecule has 1 heterocycles. The van der Waals surface area contributed by atoms with Gasteiger partial charge in [0.2, 0.25) is 17.0 Å². The number of hydrogen-bond donors (Lipinski definition) is 0. The number of carbonyl (C=O) groups excluding carboxylic acids is 2. The molecule has 0 radical (unpaired) electrons. The highest BCUT2D eigenvalue weighted by atomic mass is 35.5. The van der Waals surface area contributed by atoms with Crippen LogP contribution in [-0.4, -0.2) is 11.6 Å². The van der Waals surface area contributed by atoms with Crippen molar-refractivity contribution in [1.82, 2.24) is 0 Å². The lowest BCUT2D eigenvalue weighted by molar-refractivity contribution is -0.122. The summed E-state index contributed by atoms with van der Waals surface area (Å²) in [5.41, 5.74) is 0.0457. The van der Waals surface area contributed by atoms with E-state index in [1.165, 1.54) is 24.3 Å². The van der Waals surface area contributed by atoms with Crippen molar-refractivity contribution in [3.63, 3.8) is 0 Å². The molecule has 0 bridgehead atoms. The Hall–Kier alpha value is -2.46. The summed E-state index contributed by atoms with van der Waals surface area (Å²) < 4.78 is 5.51. The molecule has 1 aliphatic heterocycles. The first-order valence-electron chi connectivity index (χ1n) is 6.22. The lowest BCUT2D eigenvalue weighted by Gasteiger charge is -2.22. The normalized spacial score (nSPS) is 17.1. The molecule has 1 unspecified atom stereocenters. The van der Waals surface area contributed by atoms with Crippen molar-refractivity contribution >= 4 is 23.2 Å². The van der Waals surface area contributed by atoms with Gasteiger partial charge in [-0.25, -0.2) is 0 Å². The number of rotatable bonds is 1. The highest BCUT2D eigenvalue weighted by Gasteiger charge is 2.37. The number of halogens is 1. The zero-order valence-electron chi connectivity index (χ0n) is 10.7. The van der Waals surface area contributed by atoms with Crippen LogP contribution in [0.15, 0.2) is 53.3 Å². The Morgan fingerprint density at radius 1 is 0.905 bits per heavy atom. The van der Waals surface area contributed by atoms with Gasteiger partial charge in [0.25, 0.3) is 0 Å². The second-order valence-electron chi connectivity index (χ2n) is 4.57. The standard InChI is InChI=1S/C16H9ClO4/c17-10-7-5-9(6-8-10)15-14(20)13(19)11-3-1-2-4-12(18)16(11)21-15/h1-8,15H. The van der Waals surface area contributed by atoms with E-state index >= 15 is 0 Å². The summed E-state index contributed by atoms with van der Waals surface area (Å²) in [7, 11) is 0.